The fourth-order valence-electron chi connectivity index (χ4n) is 2.41. The van der Waals surface area contributed by atoms with E-state index >= 15 is 0 Å². The first kappa shape index (κ1) is 14.7. The van der Waals surface area contributed by atoms with Gasteiger partial charge in [-0.3, -0.25) is 4.79 Å². The van der Waals surface area contributed by atoms with E-state index in [4.69, 9.17) is 9.15 Å². The van der Waals surface area contributed by atoms with E-state index < -0.39 is 0 Å². The number of rotatable bonds is 6. The second-order valence-corrected chi connectivity index (χ2v) is 5.06. The summed E-state index contributed by atoms with van der Waals surface area (Å²) in [6.45, 7) is 3.64. The zero-order valence-electron chi connectivity index (χ0n) is 12.4. The molecule has 0 bridgehead atoms. The van der Waals surface area contributed by atoms with Crippen molar-refractivity contribution in [2.45, 2.75) is 19.6 Å². The fraction of sp³-hybridized carbons (Fsp3) is 0.294. The van der Waals surface area contributed by atoms with Gasteiger partial charge in [-0.05, 0) is 48.9 Å². The van der Waals surface area contributed by atoms with Crippen molar-refractivity contribution >= 4 is 11.6 Å². The van der Waals surface area contributed by atoms with E-state index in [1.54, 1.807) is 6.26 Å². The largest absolute Gasteiger partial charge is 0.468 e. The Morgan fingerprint density at radius 3 is 3.09 bits per heavy atom. The predicted octanol–water partition coefficient (Wildman–Crippen LogP) is 2.18. The lowest BCUT2D eigenvalue weighted by Crippen LogP contribution is -2.25. The van der Waals surface area contributed by atoms with Crippen molar-refractivity contribution in [1.29, 1.82) is 0 Å². The van der Waals surface area contributed by atoms with Crippen LogP contribution in [-0.2, 0) is 16.1 Å². The first-order valence-corrected chi connectivity index (χ1v) is 7.35. The average Bonchev–Trinajstić information content (AvgIpc) is 3.02. The van der Waals surface area contributed by atoms with E-state index in [0.717, 1.165) is 11.3 Å². The Balaban J connectivity index is 1.66. The topological polar surface area (TPSA) is 63.8 Å². The monoisotopic (exact) mass is 298 g/mol. The summed E-state index contributed by atoms with van der Waals surface area (Å²) in [4.78, 5) is 16.2. The lowest BCUT2D eigenvalue weighted by molar-refractivity contribution is -0.114. The number of hydrogen-bond donors (Lipinski definition) is 1. The van der Waals surface area contributed by atoms with Gasteiger partial charge in [-0.2, -0.15) is 0 Å². The molecule has 1 aromatic heterocycles. The van der Waals surface area contributed by atoms with Crippen LogP contribution in [0.1, 0.15) is 12.7 Å². The van der Waals surface area contributed by atoms with Crippen LogP contribution in [0.4, 0.5) is 0 Å². The van der Waals surface area contributed by atoms with E-state index in [2.05, 4.69) is 10.3 Å². The van der Waals surface area contributed by atoms with Crippen LogP contribution in [0.25, 0.3) is 0 Å². The minimum Gasteiger partial charge on any atom is -0.468 e. The van der Waals surface area contributed by atoms with E-state index in [0.29, 0.717) is 31.0 Å². The highest BCUT2D eigenvalue weighted by atomic mass is 16.5. The van der Waals surface area contributed by atoms with Crippen molar-refractivity contribution in [2.24, 2.45) is 4.99 Å². The summed E-state index contributed by atoms with van der Waals surface area (Å²) in [5.41, 5.74) is 2.29. The molecule has 0 saturated heterocycles. The highest BCUT2D eigenvalue weighted by Crippen LogP contribution is 2.20. The molecule has 2 aliphatic rings. The molecule has 0 spiro atoms. The molecule has 2 heterocycles. The molecule has 114 valence electrons. The number of hydrogen-bond acceptors (Lipinski definition) is 4. The van der Waals surface area contributed by atoms with Crippen LogP contribution >= 0.6 is 0 Å². The van der Waals surface area contributed by atoms with Crippen LogP contribution in [0.3, 0.4) is 0 Å². The predicted molar refractivity (Wildman–Crippen MR) is 83.6 cm³/mol. The molecule has 5 nitrogen and oxygen atoms in total. The molecule has 1 aliphatic heterocycles. The van der Waals surface area contributed by atoms with Crippen molar-refractivity contribution in [1.82, 2.24) is 5.32 Å². The van der Waals surface area contributed by atoms with Crippen LogP contribution < -0.4 is 5.32 Å². The van der Waals surface area contributed by atoms with E-state index in [1.807, 2.05) is 43.4 Å². The third-order valence-electron chi connectivity index (χ3n) is 3.46. The summed E-state index contributed by atoms with van der Waals surface area (Å²) in [5.74, 6) is 0.642. The van der Waals surface area contributed by atoms with Crippen molar-refractivity contribution in [3.8, 4) is 0 Å². The summed E-state index contributed by atoms with van der Waals surface area (Å²) in [6.07, 6.45) is 9.20. The molecule has 5 heteroatoms. The summed E-state index contributed by atoms with van der Waals surface area (Å²) >= 11 is 0. The number of allylic oxidation sites excluding steroid dienone is 3. The average molecular weight is 298 g/mol. The second kappa shape index (κ2) is 6.68. The van der Waals surface area contributed by atoms with Crippen LogP contribution in [0.5, 0.6) is 0 Å². The Bertz CT molecular complexity index is 666. The molecule has 0 fully saturated rings. The zero-order chi connectivity index (χ0) is 15.4. The van der Waals surface area contributed by atoms with Gasteiger partial charge in [0.1, 0.15) is 5.76 Å². The molecule has 0 aromatic carbocycles. The molecular weight excluding hydrogens is 280 g/mol. The minimum absolute atomic E-state index is 0.0549. The van der Waals surface area contributed by atoms with Gasteiger partial charge in [0.05, 0.1) is 24.6 Å². The highest BCUT2D eigenvalue weighted by Gasteiger charge is 2.21. The number of nitrogens with one attached hydrogen (secondary N) is 1. The van der Waals surface area contributed by atoms with E-state index in [-0.39, 0.29) is 12.0 Å². The Labute approximate surface area is 129 Å². The van der Waals surface area contributed by atoms with Crippen LogP contribution in [0.15, 0.2) is 63.3 Å². The first-order valence-electron chi connectivity index (χ1n) is 7.35. The van der Waals surface area contributed by atoms with Gasteiger partial charge >= 0.3 is 0 Å². The molecule has 1 amide bonds. The maximum Gasteiger partial charge on any atom is 0.274 e. The Morgan fingerprint density at radius 1 is 1.41 bits per heavy atom. The van der Waals surface area contributed by atoms with Crippen LogP contribution in [-0.4, -0.2) is 30.9 Å². The molecule has 3 rings (SSSR count). The quantitative estimate of drug-likeness (QED) is 0.874. The van der Waals surface area contributed by atoms with E-state index in [9.17, 15) is 4.79 Å². The van der Waals surface area contributed by atoms with Gasteiger partial charge in [-0.15, -0.1) is 0 Å². The van der Waals surface area contributed by atoms with Crippen LogP contribution in [0, 0.1) is 0 Å². The van der Waals surface area contributed by atoms with Gasteiger partial charge < -0.3 is 14.5 Å². The number of dihydropyridines is 1. The SMILES string of the molecule is CCOC1C=CC2=NC(=O)C(CNCc3ccco3)=CC2=C1. The summed E-state index contributed by atoms with van der Waals surface area (Å²) in [7, 11) is 0. The lowest BCUT2D eigenvalue weighted by Gasteiger charge is -2.19. The summed E-state index contributed by atoms with van der Waals surface area (Å²) < 4.78 is 10.8. The number of carbonyl (C=O) groups excluding carboxylic acids is 1. The molecule has 0 radical (unpaired) electrons. The Morgan fingerprint density at radius 2 is 2.32 bits per heavy atom. The maximum atomic E-state index is 12.0. The number of furan rings is 1. The van der Waals surface area contributed by atoms with Crippen molar-refractivity contribution in [3.63, 3.8) is 0 Å². The van der Waals surface area contributed by atoms with Gasteiger partial charge in [0.15, 0.2) is 0 Å². The zero-order valence-corrected chi connectivity index (χ0v) is 12.4. The minimum atomic E-state index is -0.196. The Kier molecular flexibility index (Phi) is 4.46. The number of nitrogens with zero attached hydrogens (tertiary/aromatic N) is 1. The molecule has 1 N–H and O–H groups in total. The molecular formula is C17H18N2O3. The molecule has 0 saturated carbocycles. The molecule has 22 heavy (non-hydrogen) atoms. The van der Waals surface area contributed by atoms with Gasteiger partial charge in [-0.1, -0.05) is 0 Å². The molecule has 1 unspecified atom stereocenters. The number of carbonyl (C=O) groups is 1. The molecule has 1 aromatic rings. The number of aliphatic imine (C=N–C) groups is 1. The summed E-state index contributed by atoms with van der Waals surface area (Å²) in [6, 6.07) is 3.73. The number of ether oxygens (including phenoxy) is 1. The van der Waals surface area contributed by atoms with Gasteiger partial charge in [0.2, 0.25) is 0 Å². The van der Waals surface area contributed by atoms with Crippen molar-refractivity contribution in [2.75, 3.05) is 13.2 Å². The van der Waals surface area contributed by atoms with Crippen LogP contribution in [0.2, 0.25) is 0 Å². The maximum absolute atomic E-state index is 12.0. The number of fused-ring (bicyclic) bond motifs is 1. The van der Waals surface area contributed by atoms with Gasteiger partial charge in [0, 0.05) is 18.7 Å². The molecule has 1 aliphatic carbocycles. The van der Waals surface area contributed by atoms with Crippen molar-refractivity contribution < 1.29 is 13.9 Å². The lowest BCUT2D eigenvalue weighted by atomic mass is 9.96. The molecule has 1 atom stereocenters. The third-order valence-corrected chi connectivity index (χ3v) is 3.46. The van der Waals surface area contributed by atoms with Crippen molar-refractivity contribution in [3.05, 3.63) is 59.6 Å². The number of amides is 1. The third kappa shape index (κ3) is 3.32. The fourth-order valence-corrected chi connectivity index (χ4v) is 2.41. The van der Waals surface area contributed by atoms with E-state index in [1.165, 1.54) is 0 Å². The smallest absolute Gasteiger partial charge is 0.274 e. The first-order chi connectivity index (χ1) is 10.8. The van der Waals surface area contributed by atoms with Gasteiger partial charge in [-0.25, -0.2) is 4.99 Å². The normalized spacial score (nSPS) is 20.3. The standard InChI is InChI=1S/C17H18N2O3/c1-2-21-14-5-6-16-12(9-14)8-13(17(20)19-16)10-18-11-15-4-3-7-22-15/h3-9,14,18H,2,10-11H2,1H3. The van der Waals surface area contributed by atoms with Gasteiger partial charge in [0.25, 0.3) is 5.91 Å². The summed E-state index contributed by atoms with van der Waals surface area (Å²) in [5, 5.41) is 3.19. The Hall–Kier alpha value is -2.24. The highest BCUT2D eigenvalue weighted by molar-refractivity contribution is 6.20. The second-order valence-electron chi connectivity index (χ2n) is 5.06.